The average molecular weight is 226 g/mol. The molecule has 0 aliphatic carbocycles. The number of methoxy groups -OCH3 is 1. The molecule has 0 amide bonds. The number of rotatable bonds is 6. The number of benzene rings is 1. The largest absolute Gasteiger partial charge is 0.496 e. The van der Waals surface area contributed by atoms with Gasteiger partial charge in [0.15, 0.2) is 0 Å². The summed E-state index contributed by atoms with van der Waals surface area (Å²) < 4.78 is 23.5. The van der Waals surface area contributed by atoms with Crippen LogP contribution in [0.4, 0.5) is 4.39 Å². The molecule has 1 aromatic rings. The maximum Gasteiger partial charge on any atom is 0.124 e. The first-order valence-corrected chi connectivity index (χ1v) is 4.89. The van der Waals surface area contributed by atoms with Crippen LogP contribution in [0, 0.1) is 5.82 Å². The number of aliphatic hydroxyl groups excluding tert-OH is 1. The zero-order valence-corrected chi connectivity index (χ0v) is 9.15. The second kappa shape index (κ2) is 6.25. The van der Waals surface area contributed by atoms with E-state index in [-0.39, 0.29) is 13.2 Å². The first-order chi connectivity index (χ1) is 7.72. The molecule has 0 saturated heterocycles. The van der Waals surface area contributed by atoms with Crippen LogP contribution in [0.1, 0.15) is 11.7 Å². The Morgan fingerprint density at radius 3 is 2.88 bits per heavy atom. The Morgan fingerprint density at radius 2 is 2.31 bits per heavy atom. The summed E-state index contributed by atoms with van der Waals surface area (Å²) in [5.41, 5.74) is 0.492. The van der Waals surface area contributed by atoms with Gasteiger partial charge >= 0.3 is 0 Å². The summed E-state index contributed by atoms with van der Waals surface area (Å²) in [6.07, 6.45) is 0.956. The minimum absolute atomic E-state index is 0.242. The van der Waals surface area contributed by atoms with Crippen molar-refractivity contribution >= 4 is 0 Å². The van der Waals surface area contributed by atoms with Gasteiger partial charge in [-0.25, -0.2) is 4.39 Å². The molecule has 88 valence electrons. The van der Waals surface area contributed by atoms with Crippen LogP contribution in [0.25, 0.3) is 0 Å². The van der Waals surface area contributed by atoms with Crippen LogP contribution in [-0.2, 0) is 4.74 Å². The maximum absolute atomic E-state index is 13.1. The van der Waals surface area contributed by atoms with Gasteiger partial charge in [0, 0.05) is 5.56 Å². The monoisotopic (exact) mass is 226 g/mol. The average Bonchev–Trinajstić information content (AvgIpc) is 2.30. The van der Waals surface area contributed by atoms with Gasteiger partial charge in [-0.05, 0) is 18.2 Å². The molecule has 0 aromatic heterocycles. The molecule has 3 nitrogen and oxygen atoms in total. The second-order valence-corrected chi connectivity index (χ2v) is 3.18. The standard InChI is InChI=1S/C12H15FO3/c1-3-6-16-12(8-14)10-7-9(13)4-5-11(10)15-2/h3-5,7,12,14H,1,6,8H2,2H3/t12-/m1/s1. The minimum Gasteiger partial charge on any atom is -0.496 e. The molecule has 1 N–H and O–H groups in total. The third-order valence-corrected chi connectivity index (χ3v) is 2.12. The van der Waals surface area contributed by atoms with E-state index >= 15 is 0 Å². The molecule has 0 bridgehead atoms. The molecule has 0 aliphatic rings. The van der Waals surface area contributed by atoms with E-state index in [1.165, 1.54) is 25.3 Å². The molecule has 0 saturated carbocycles. The van der Waals surface area contributed by atoms with Crippen LogP contribution in [0.2, 0.25) is 0 Å². The summed E-state index contributed by atoms with van der Waals surface area (Å²) in [5.74, 6) is 0.0981. The first-order valence-electron chi connectivity index (χ1n) is 4.89. The van der Waals surface area contributed by atoms with Crippen molar-refractivity contribution in [2.45, 2.75) is 6.10 Å². The minimum atomic E-state index is -0.608. The maximum atomic E-state index is 13.1. The Morgan fingerprint density at radius 1 is 1.56 bits per heavy atom. The van der Waals surface area contributed by atoms with Crippen LogP contribution in [0.3, 0.4) is 0 Å². The van der Waals surface area contributed by atoms with Crippen LogP contribution in [0.5, 0.6) is 5.75 Å². The Bertz CT molecular complexity index is 352. The topological polar surface area (TPSA) is 38.7 Å². The molecule has 0 spiro atoms. The molecular weight excluding hydrogens is 211 g/mol. The number of halogens is 1. The van der Waals surface area contributed by atoms with E-state index in [2.05, 4.69) is 6.58 Å². The lowest BCUT2D eigenvalue weighted by molar-refractivity contribution is 0.0259. The van der Waals surface area contributed by atoms with E-state index in [1.807, 2.05) is 0 Å². The van der Waals surface area contributed by atoms with Crippen LogP contribution >= 0.6 is 0 Å². The summed E-state index contributed by atoms with van der Waals surface area (Å²) in [7, 11) is 1.48. The summed E-state index contributed by atoms with van der Waals surface area (Å²) in [4.78, 5) is 0. The fraction of sp³-hybridized carbons (Fsp3) is 0.333. The van der Waals surface area contributed by atoms with Gasteiger partial charge in [0.25, 0.3) is 0 Å². The van der Waals surface area contributed by atoms with E-state index in [4.69, 9.17) is 9.47 Å². The Kier molecular flexibility index (Phi) is 4.95. The van der Waals surface area contributed by atoms with E-state index in [0.717, 1.165) is 0 Å². The highest BCUT2D eigenvalue weighted by Gasteiger charge is 2.16. The number of aliphatic hydroxyl groups is 1. The predicted molar refractivity (Wildman–Crippen MR) is 58.9 cm³/mol. The van der Waals surface area contributed by atoms with E-state index in [1.54, 1.807) is 6.08 Å². The van der Waals surface area contributed by atoms with E-state index < -0.39 is 11.9 Å². The van der Waals surface area contributed by atoms with Gasteiger partial charge in [0.05, 0.1) is 20.3 Å². The molecule has 4 heteroatoms. The molecule has 0 unspecified atom stereocenters. The van der Waals surface area contributed by atoms with E-state index in [0.29, 0.717) is 11.3 Å². The third kappa shape index (κ3) is 3.05. The van der Waals surface area contributed by atoms with Gasteiger partial charge in [-0.2, -0.15) is 0 Å². The lowest BCUT2D eigenvalue weighted by Crippen LogP contribution is -2.10. The fourth-order valence-electron chi connectivity index (χ4n) is 1.38. The van der Waals surface area contributed by atoms with Crippen molar-refractivity contribution < 1.29 is 19.0 Å². The summed E-state index contributed by atoms with van der Waals surface area (Å²) in [6.45, 7) is 3.55. The number of hydrogen-bond donors (Lipinski definition) is 1. The number of hydrogen-bond acceptors (Lipinski definition) is 3. The zero-order valence-electron chi connectivity index (χ0n) is 9.15. The normalized spacial score (nSPS) is 12.2. The SMILES string of the molecule is C=CCO[C@H](CO)c1cc(F)ccc1OC. The number of ether oxygens (including phenoxy) is 2. The highest BCUT2D eigenvalue weighted by atomic mass is 19.1. The summed E-state index contributed by atoms with van der Waals surface area (Å²) >= 11 is 0. The van der Waals surface area contributed by atoms with Gasteiger partial charge in [0.2, 0.25) is 0 Å². The third-order valence-electron chi connectivity index (χ3n) is 2.12. The smallest absolute Gasteiger partial charge is 0.124 e. The fourth-order valence-corrected chi connectivity index (χ4v) is 1.38. The van der Waals surface area contributed by atoms with Gasteiger partial charge in [-0.1, -0.05) is 6.08 Å². The molecule has 0 aliphatic heterocycles. The molecule has 1 atom stereocenters. The molecule has 0 heterocycles. The molecule has 1 rings (SSSR count). The molecule has 1 aromatic carbocycles. The lowest BCUT2D eigenvalue weighted by Gasteiger charge is -2.17. The van der Waals surface area contributed by atoms with Crippen molar-refractivity contribution in [3.05, 3.63) is 42.2 Å². The van der Waals surface area contributed by atoms with Crippen molar-refractivity contribution in [1.82, 2.24) is 0 Å². The Hall–Kier alpha value is -1.39. The summed E-state index contributed by atoms with van der Waals surface area (Å²) in [6, 6.07) is 4.09. The highest BCUT2D eigenvalue weighted by molar-refractivity contribution is 5.35. The van der Waals surface area contributed by atoms with Crippen molar-refractivity contribution in [2.24, 2.45) is 0 Å². The quantitative estimate of drug-likeness (QED) is 0.755. The predicted octanol–water partition coefficient (Wildman–Crippen LogP) is 2.07. The molecular formula is C12H15FO3. The van der Waals surface area contributed by atoms with E-state index in [9.17, 15) is 9.50 Å². The molecule has 0 fully saturated rings. The Balaban J connectivity index is 2.96. The zero-order chi connectivity index (χ0) is 12.0. The van der Waals surface area contributed by atoms with Crippen LogP contribution in [0.15, 0.2) is 30.9 Å². The van der Waals surface area contributed by atoms with Crippen molar-refractivity contribution in [1.29, 1.82) is 0 Å². The first kappa shape index (κ1) is 12.7. The van der Waals surface area contributed by atoms with Gasteiger partial charge < -0.3 is 14.6 Å². The van der Waals surface area contributed by atoms with Gasteiger partial charge in [-0.3, -0.25) is 0 Å². The van der Waals surface area contributed by atoms with Gasteiger partial charge in [-0.15, -0.1) is 6.58 Å². The molecule has 0 radical (unpaired) electrons. The lowest BCUT2D eigenvalue weighted by atomic mass is 10.1. The van der Waals surface area contributed by atoms with Crippen LogP contribution in [-0.4, -0.2) is 25.4 Å². The highest BCUT2D eigenvalue weighted by Crippen LogP contribution is 2.28. The van der Waals surface area contributed by atoms with Gasteiger partial charge in [0.1, 0.15) is 17.7 Å². The Labute approximate surface area is 94.1 Å². The van der Waals surface area contributed by atoms with Crippen molar-refractivity contribution in [3.8, 4) is 5.75 Å². The second-order valence-electron chi connectivity index (χ2n) is 3.18. The summed E-state index contributed by atoms with van der Waals surface area (Å²) in [5, 5.41) is 9.18. The van der Waals surface area contributed by atoms with Crippen molar-refractivity contribution in [2.75, 3.05) is 20.3 Å². The molecule has 16 heavy (non-hydrogen) atoms. The van der Waals surface area contributed by atoms with Crippen LogP contribution < -0.4 is 4.74 Å². The van der Waals surface area contributed by atoms with Crippen molar-refractivity contribution in [3.63, 3.8) is 0 Å².